The average Bonchev–Trinajstić information content (AvgIpc) is 2.61. The third-order valence-electron chi connectivity index (χ3n) is 4.24. The van der Waals surface area contributed by atoms with Crippen molar-refractivity contribution in [1.82, 2.24) is 0 Å². The van der Waals surface area contributed by atoms with E-state index in [0.29, 0.717) is 24.3 Å². The first-order valence-electron chi connectivity index (χ1n) is 8.76. The molecule has 6 nitrogen and oxygen atoms in total. The van der Waals surface area contributed by atoms with Crippen LogP contribution >= 0.6 is 0 Å². The Balaban J connectivity index is 1.75. The maximum absolute atomic E-state index is 12.5. The highest BCUT2D eigenvalue weighted by atomic mass is 32.2. The summed E-state index contributed by atoms with van der Waals surface area (Å²) in [5.74, 6) is 0.145. The van der Waals surface area contributed by atoms with Crippen molar-refractivity contribution in [3.63, 3.8) is 0 Å². The van der Waals surface area contributed by atoms with Crippen LogP contribution in [-0.2, 0) is 16.4 Å². The predicted octanol–water partition coefficient (Wildman–Crippen LogP) is 3.82. The Morgan fingerprint density at radius 2 is 1.81 bits per heavy atom. The fraction of sp³-hybridized carbons (Fsp3) is 0.316. The molecule has 0 spiro atoms. The highest BCUT2D eigenvalue weighted by Crippen LogP contribution is 2.32. The Morgan fingerprint density at radius 3 is 2.54 bits per heavy atom. The lowest BCUT2D eigenvalue weighted by Gasteiger charge is -2.30. The average molecular weight is 373 g/mol. The molecule has 0 saturated heterocycles. The molecular weight excluding hydrogens is 350 g/mol. The lowest BCUT2D eigenvalue weighted by Crippen LogP contribution is -2.37. The quantitative estimate of drug-likeness (QED) is 0.836. The summed E-state index contributed by atoms with van der Waals surface area (Å²) in [6.07, 6.45) is 2.16. The molecule has 0 radical (unpaired) electrons. The molecule has 2 amide bonds. The molecule has 7 heteroatoms. The first-order valence-corrected chi connectivity index (χ1v) is 10.4. The summed E-state index contributed by atoms with van der Waals surface area (Å²) < 4.78 is 26.4. The fourth-order valence-corrected chi connectivity index (χ4v) is 4.73. The van der Waals surface area contributed by atoms with E-state index in [1.165, 1.54) is 4.31 Å². The molecule has 26 heavy (non-hydrogen) atoms. The summed E-state index contributed by atoms with van der Waals surface area (Å²) in [5.41, 5.74) is 3.01. The van der Waals surface area contributed by atoms with Crippen LogP contribution < -0.4 is 14.9 Å². The predicted molar refractivity (Wildman–Crippen MR) is 105 cm³/mol. The molecule has 0 bridgehead atoms. The summed E-state index contributed by atoms with van der Waals surface area (Å²) in [4.78, 5) is 12.1. The van der Waals surface area contributed by atoms with Crippen LogP contribution in [0.15, 0.2) is 48.5 Å². The van der Waals surface area contributed by atoms with Gasteiger partial charge in [0, 0.05) is 17.9 Å². The highest BCUT2D eigenvalue weighted by molar-refractivity contribution is 7.92. The molecule has 0 fully saturated rings. The molecular formula is C19H23N3O3S. The molecule has 2 aromatic carbocycles. The number of carbonyl (C=O) groups is 1. The van der Waals surface area contributed by atoms with E-state index in [1.807, 2.05) is 43.3 Å². The number of benzene rings is 2. The largest absolute Gasteiger partial charge is 0.323 e. The van der Waals surface area contributed by atoms with Gasteiger partial charge in [-0.15, -0.1) is 0 Å². The molecule has 0 saturated carbocycles. The van der Waals surface area contributed by atoms with Crippen molar-refractivity contribution >= 4 is 33.1 Å². The Morgan fingerprint density at radius 1 is 1.08 bits per heavy atom. The van der Waals surface area contributed by atoms with Crippen LogP contribution in [0, 0.1) is 0 Å². The van der Waals surface area contributed by atoms with E-state index in [-0.39, 0.29) is 11.8 Å². The van der Waals surface area contributed by atoms with Gasteiger partial charge in [-0.25, -0.2) is 13.2 Å². The van der Waals surface area contributed by atoms with Crippen LogP contribution in [0.25, 0.3) is 0 Å². The van der Waals surface area contributed by atoms with E-state index in [1.54, 1.807) is 12.1 Å². The zero-order chi connectivity index (χ0) is 18.6. The van der Waals surface area contributed by atoms with Crippen LogP contribution in [-0.4, -0.2) is 26.7 Å². The first kappa shape index (κ1) is 18.3. The minimum absolute atomic E-state index is 0.145. The third-order valence-corrected chi connectivity index (χ3v) is 6.22. The SMILES string of the molecule is CCCS(=O)(=O)N1CCCc2cc(NC(=O)Nc3ccccc3)ccc21. The van der Waals surface area contributed by atoms with Crippen molar-refractivity contribution in [3.8, 4) is 0 Å². The van der Waals surface area contributed by atoms with Gasteiger partial charge in [0.15, 0.2) is 0 Å². The van der Waals surface area contributed by atoms with E-state index in [4.69, 9.17) is 0 Å². The van der Waals surface area contributed by atoms with E-state index in [2.05, 4.69) is 10.6 Å². The lowest BCUT2D eigenvalue weighted by molar-refractivity contribution is 0.262. The van der Waals surface area contributed by atoms with Crippen molar-refractivity contribution in [2.45, 2.75) is 26.2 Å². The molecule has 138 valence electrons. The van der Waals surface area contributed by atoms with E-state index in [0.717, 1.165) is 24.1 Å². The Hall–Kier alpha value is -2.54. The molecule has 0 unspecified atom stereocenters. The van der Waals surface area contributed by atoms with Gasteiger partial charge >= 0.3 is 6.03 Å². The molecule has 1 heterocycles. The molecule has 2 N–H and O–H groups in total. The number of rotatable bonds is 5. The number of nitrogens with one attached hydrogen (secondary N) is 2. The zero-order valence-corrected chi connectivity index (χ0v) is 15.6. The number of para-hydroxylation sites is 1. The smallest absolute Gasteiger partial charge is 0.308 e. The number of sulfonamides is 1. The number of hydrogen-bond acceptors (Lipinski definition) is 3. The van der Waals surface area contributed by atoms with Crippen LogP contribution in [0.1, 0.15) is 25.3 Å². The third kappa shape index (κ3) is 4.16. The summed E-state index contributed by atoms with van der Waals surface area (Å²) >= 11 is 0. The fourth-order valence-electron chi connectivity index (χ4n) is 3.11. The van der Waals surface area contributed by atoms with Gasteiger partial charge in [-0.05, 0) is 55.2 Å². The van der Waals surface area contributed by atoms with Crippen LogP contribution in [0.5, 0.6) is 0 Å². The van der Waals surface area contributed by atoms with Gasteiger partial charge in [-0.1, -0.05) is 25.1 Å². The summed E-state index contributed by atoms with van der Waals surface area (Å²) in [6.45, 7) is 2.37. The second-order valence-electron chi connectivity index (χ2n) is 6.28. The van der Waals surface area contributed by atoms with Crippen LogP contribution in [0.2, 0.25) is 0 Å². The molecule has 0 aliphatic carbocycles. The van der Waals surface area contributed by atoms with Gasteiger partial charge in [0.05, 0.1) is 11.4 Å². The van der Waals surface area contributed by atoms with Gasteiger partial charge in [0.1, 0.15) is 0 Å². The molecule has 0 atom stereocenters. The number of aryl methyl sites for hydroxylation is 1. The minimum atomic E-state index is -3.29. The Labute approximate surface area is 154 Å². The Bertz CT molecular complexity index is 882. The van der Waals surface area contributed by atoms with Crippen molar-refractivity contribution in [3.05, 3.63) is 54.1 Å². The number of nitrogens with zero attached hydrogens (tertiary/aromatic N) is 1. The van der Waals surface area contributed by atoms with E-state index in [9.17, 15) is 13.2 Å². The highest BCUT2D eigenvalue weighted by Gasteiger charge is 2.26. The molecule has 1 aliphatic rings. The number of anilines is 3. The van der Waals surface area contributed by atoms with Crippen molar-refractivity contribution in [1.29, 1.82) is 0 Å². The first-order chi connectivity index (χ1) is 12.5. The van der Waals surface area contributed by atoms with Crippen LogP contribution in [0.4, 0.5) is 21.9 Å². The molecule has 3 rings (SSSR count). The monoisotopic (exact) mass is 373 g/mol. The summed E-state index contributed by atoms with van der Waals surface area (Å²) in [6, 6.07) is 14.2. The van der Waals surface area contributed by atoms with Crippen molar-refractivity contribution in [2.24, 2.45) is 0 Å². The molecule has 2 aromatic rings. The number of amides is 2. The number of hydrogen-bond donors (Lipinski definition) is 2. The number of fused-ring (bicyclic) bond motifs is 1. The van der Waals surface area contributed by atoms with Crippen molar-refractivity contribution in [2.75, 3.05) is 27.2 Å². The van der Waals surface area contributed by atoms with Gasteiger partial charge < -0.3 is 10.6 Å². The molecule has 0 aromatic heterocycles. The number of urea groups is 1. The van der Waals surface area contributed by atoms with Gasteiger partial charge in [0.2, 0.25) is 10.0 Å². The number of carbonyl (C=O) groups excluding carboxylic acids is 1. The zero-order valence-electron chi connectivity index (χ0n) is 14.7. The van der Waals surface area contributed by atoms with Gasteiger partial charge in [-0.3, -0.25) is 4.31 Å². The molecule has 1 aliphatic heterocycles. The normalized spacial score (nSPS) is 13.8. The van der Waals surface area contributed by atoms with Gasteiger partial charge in [-0.2, -0.15) is 0 Å². The van der Waals surface area contributed by atoms with Crippen LogP contribution in [0.3, 0.4) is 0 Å². The maximum atomic E-state index is 12.5. The standard InChI is InChI=1S/C19H23N3O3S/c1-2-13-26(24,25)22-12-6-7-15-14-17(10-11-18(15)22)21-19(23)20-16-8-4-3-5-9-16/h3-5,8-11,14H,2,6-7,12-13H2,1H3,(H2,20,21,23). The minimum Gasteiger partial charge on any atom is -0.308 e. The second kappa shape index (κ2) is 7.78. The van der Waals surface area contributed by atoms with Crippen molar-refractivity contribution < 1.29 is 13.2 Å². The summed E-state index contributed by atoms with van der Waals surface area (Å²) in [5, 5.41) is 5.57. The lowest BCUT2D eigenvalue weighted by atomic mass is 10.0. The topological polar surface area (TPSA) is 78.5 Å². The van der Waals surface area contributed by atoms with Gasteiger partial charge in [0.25, 0.3) is 0 Å². The maximum Gasteiger partial charge on any atom is 0.323 e. The summed E-state index contributed by atoms with van der Waals surface area (Å²) in [7, 11) is -3.29. The van der Waals surface area contributed by atoms with E-state index < -0.39 is 10.0 Å². The van der Waals surface area contributed by atoms with E-state index >= 15 is 0 Å². The second-order valence-corrected chi connectivity index (χ2v) is 8.29. The Kier molecular flexibility index (Phi) is 5.46.